The number of hydrogen-bond donors (Lipinski definition) is 1. The third-order valence-electron chi connectivity index (χ3n) is 4.14. The van der Waals surface area contributed by atoms with E-state index in [-0.39, 0.29) is 29.1 Å². The molecule has 1 saturated heterocycles. The average Bonchev–Trinajstić information content (AvgIpc) is 2.56. The molecule has 0 unspecified atom stereocenters. The molecule has 26 heavy (non-hydrogen) atoms. The lowest BCUT2D eigenvalue weighted by Gasteiger charge is -2.30. The number of carbonyl (C=O) groups is 2. The Kier molecular flexibility index (Phi) is 6.88. The van der Waals surface area contributed by atoms with Gasteiger partial charge in [0, 0.05) is 0 Å². The molecule has 1 aliphatic rings. The van der Waals surface area contributed by atoms with Gasteiger partial charge in [-0.05, 0) is 51.1 Å². The third-order valence-corrected chi connectivity index (χ3v) is 4.47. The van der Waals surface area contributed by atoms with Crippen LogP contribution in [0.3, 0.4) is 0 Å². The number of hydrogen-bond acceptors (Lipinski definition) is 4. The summed E-state index contributed by atoms with van der Waals surface area (Å²) in [5.74, 6) is -0.861. The first-order valence-corrected chi connectivity index (χ1v) is 8.64. The Hall–Kier alpha value is -1.80. The van der Waals surface area contributed by atoms with Crippen LogP contribution in [0.25, 0.3) is 0 Å². The molecule has 144 valence electrons. The molecule has 1 aliphatic heterocycles. The van der Waals surface area contributed by atoms with Crippen LogP contribution in [0.2, 0.25) is 5.02 Å². The van der Waals surface area contributed by atoms with Crippen molar-refractivity contribution in [1.82, 2.24) is 4.90 Å². The lowest BCUT2D eigenvalue weighted by atomic mass is 9.97. The highest BCUT2D eigenvalue weighted by Crippen LogP contribution is 2.33. The maximum Gasteiger partial charge on any atom is 0.416 e. The summed E-state index contributed by atoms with van der Waals surface area (Å²) in [7, 11) is 0. The Balaban J connectivity index is 1.89. The summed E-state index contributed by atoms with van der Waals surface area (Å²) in [6, 6.07) is 2.77. The maximum atomic E-state index is 12.8. The van der Waals surface area contributed by atoms with Crippen LogP contribution < -0.4 is 5.32 Å². The van der Waals surface area contributed by atoms with Gasteiger partial charge in [-0.25, -0.2) is 0 Å². The van der Waals surface area contributed by atoms with E-state index in [1.807, 2.05) is 4.90 Å². The largest absolute Gasteiger partial charge is 0.466 e. The minimum absolute atomic E-state index is 0.0160. The quantitative estimate of drug-likeness (QED) is 0.778. The topological polar surface area (TPSA) is 58.6 Å². The number of nitrogens with zero attached hydrogens (tertiary/aromatic N) is 1. The molecule has 1 aromatic carbocycles. The molecule has 0 radical (unpaired) electrons. The number of anilines is 1. The molecule has 5 nitrogen and oxygen atoms in total. The summed E-state index contributed by atoms with van der Waals surface area (Å²) >= 11 is 5.87. The minimum Gasteiger partial charge on any atom is -0.466 e. The van der Waals surface area contributed by atoms with Crippen LogP contribution in [0.1, 0.15) is 25.3 Å². The number of carbonyl (C=O) groups excluding carboxylic acids is 2. The number of alkyl halides is 3. The number of piperidine rings is 1. The third kappa shape index (κ3) is 5.60. The van der Waals surface area contributed by atoms with Crippen molar-refractivity contribution in [1.29, 1.82) is 0 Å². The van der Waals surface area contributed by atoms with Crippen LogP contribution in [0.4, 0.5) is 18.9 Å². The van der Waals surface area contributed by atoms with Gasteiger partial charge in [-0.1, -0.05) is 11.6 Å². The molecule has 0 saturated carbocycles. The van der Waals surface area contributed by atoms with Crippen molar-refractivity contribution in [3.8, 4) is 0 Å². The highest BCUT2D eigenvalue weighted by Gasteiger charge is 2.31. The van der Waals surface area contributed by atoms with Crippen LogP contribution in [0, 0.1) is 5.92 Å². The number of likely N-dealkylation sites (tertiary alicyclic amines) is 1. The maximum absolute atomic E-state index is 12.8. The number of ether oxygens (including phenoxy) is 1. The zero-order chi connectivity index (χ0) is 19.3. The van der Waals surface area contributed by atoms with Crippen LogP contribution in [0.15, 0.2) is 18.2 Å². The van der Waals surface area contributed by atoms with Gasteiger partial charge in [-0.3, -0.25) is 14.5 Å². The molecular weight excluding hydrogens is 373 g/mol. The van der Waals surface area contributed by atoms with E-state index in [4.69, 9.17) is 16.3 Å². The fraction of sp³-hybridized carbons (Fsp3) is 0.529. The second-order valence-electron chi connectivity index (χ2n) is 6.04. The lowest BCUT2D eigenvalue weighted by Crippen LogP contribution is -2.41. The van der Waals surface area contributed by atoms with Crippen LogP contribution in [-0.2, 0) is 20.5 Å². The highest BCUT2D eigenvalue weighted by molar-refractivity contribution is 6.33. The van der Waals surface area contributed by atoms with Crippen molar-refractivity contribution in [2.24, 2.45) is 5.92 Å². The molecule has 1 fully saturated rings. The summed E-state index contributed by atoms with van der Waals surface area (Å²) in [6.45, 7) is 3.16. The van der Waals surface area contributed by atoms with Crippen molar-refractivity contribution < 1.29 is 27.5 Å². The van der Waals surface area contributed by atoms with Crippen molar-refractivity contribution in [2.75, 3.05) is 31.6 Å². The van der Waals surface area contributed by atoms with Gasteiger partial charge in [0.2, 0.25) is 5.91 Å². The smallest absolute Gasteiger partial charge is 0.416 e. The SMILES string of the molecule is CCOC(=O)C1CCN(CC(=O)Nc2cc(C(F)(F)F)ccc2Cl)CC1. The van der Waals surface area contributed by atoms with Crippen molar-refractivity contribution >= 4 is 29.2 Å². The summed E-state index contributed by atoms with van der Waals surface area (Å²) < 4.78 is 43.3. The van der Waals surface area contributed by atoms with E-state index in [1.54, 1.807) is 6.92 Å². The van der Waals surface area contributed by atoms with Crippen molar-refractivity contribution in [3.05, 3.63) is 28.8 Å². The Labute approximate surface area is 154 Å². The van der Waals surface area contributed by atoms with E-state index in [0.717, 1.165) is 18.2 Å². The van der Waals surface area contributed by atoms with Crippen LogP contribution >= 0.6 is 11.6 Å². The fourth-order valence-corrected chi connectivity index (χ4v) is 2.94. The molecule has 1 N–H and O–H groups in total. The monoisotopic (exact) mass is 392 g/mol. The zero-order valence-corrected chi connectivity index (χ0v) is 15.0. The number of esters is 1. The lowest BCUT2D eigenvalue weighted by molar-refractivity contribution is -0.149. The van der Waals surface area contributed by atoms with Gasteiger partial charge >= 0.3 is 12.1 Å². The Morgan fingerprint density at radius 1 is 1.31 bits per heavy atom. The van der Waals surface area contributed by atoms with Crippen molar-refractivity contribution in [3.63, 3.8) is 0 Å². The standard InChI is InChI=1S/C17H20ClF3N2O3/c1-2-26-16(25)11-5-7-23(8-6-11)10-15(24)22-14-9-12(17(19,20)21)3-4-13(14)18/h3-4,9,11H,2,5-8,10H2,1H3,(H,22,24). The molecule has 0 aromatic heterocycles. The predicted octanol–water partition coefficient (Wildman–Crippen LogP) is 3.57. The first-order chi connectivity index (χ1) is 12.2. The number of rotatable bonds is 5. The molecule has 1 amide bonds. The summed E-state index contributed by atoms with van der Waals surface area (Å²) in [4.78, 5) is 25.7. The summed E-state index contributed by atoms with van der Waals surface area (Å²) in [5.41, 5.74) is -0.958. The zero-order valence-electron chi connectivity index (χ0n) is 14.2. The van der Waals surface area contributed by atoms with E-state index in [2.05, 4.69) is 5.32 Å². The molecule has 0 spiro atoms. The molecule has 0 atom stereocenters. The predicted molar refractivity (Wildman–Crippen MR) is 90.9 cm³/mol. The first kappa shape index (κ1) is 20.5. The highest BCUT2D eigenvalue weighted by atomic mass is 35.5. The van der Waals surface area contributed by atoms with Gasteiger partial charge in [0.15, 0.2) is 0 Å². The summed E-state index contributed by atoms with van der Waals surface area (Å²) in [5, 5.41) is 2.45. The number of nitrogens with one attached hydrogen (secondary N) is 1. The summed E-state index contributed by atoms with van der Waals surface area (Å²) in [6.07, 6.45) is -3.36. The van der Waals surface area contributed by atoms with Gasteiger partial charge in [-0.2, -0.15) is 13.2 Å². The van der Waals surface area contributed by atoms with E-state index in [0.29, 0.717) is 32.5 Å². The average molecular weight is 393 g/mol. The molecule has 1 aromatic rings. The molecule has 1 heterocycles. The second-order valence-corrected chi connectivity index (χ2v) is 6.45. The molecule has 9 heteroatoms. The van der Waals surface area contributed by atoms with E-state index < -0.39 is 17.6 Å². The van der Waals surface area contributed by atoms with Gasteiger partial charge in [-0.15, -0.1) is 0 Å². The van der Waals surface area contributed by atoms with Crippen LogP contribution in [0.5, 0.6) is 0 Å². The molecule has 2 rings (SSSR count). The van der Waals surface area contributed by atoms with Gasteiger partial charge in [0.25, 0.3) is 0 Å². The van der Waals surface area contributed by atoms with E-state index in [1.165, 1.54) is 0 Å². The van der Waals surface area contributed by atoms with Crippen molar-refractivity contribution in [2.45, 2.75) is 25.9 Å². The Morgan fingerprint density at radius 2 is 1.96 bits per heavy atom. The normalized spacial score (nSPS) is 16.3. The first-order valence-electron chi connectivity index (χ1n) is 8.26. The number of benzene rings is 1. The Morgan fingerprint density at radius 3 is 2.54 bits per heavy atom. The van der Waals surface area contributed by atoms with Gasteiger partial charge in [0.05, 0.1) is 35.3 Å². The molecule has 0 aliphatic carbocycles. The fourth-order valence-electron chi connectivity index (χ4n) is 2.78. The molecule has 0 bridgehead atoms. The van der Waals surface area contributed by atoms with Gasteiger partial charge in [0.1, 0.15) is 0 Å². The number of halogens is 4. The van der Waals surface area contributed by atoms with E-state index >= 15 is 0 Å². The van der Waals surface area contributed by atoms with E-state index in [9.17, 15) is 22.8 Å². The Bertz CT molecular complexity index is 659. The van der Waals surface area contributed by atoms with Gasteiger partial charge < -0.3 is 10.1 Å². The second kappa shape index (κ2) is 8.73. The molecular formula is C17H20ClF3N2O3. The number of amides is 1. The van der Waals surface area contributed by atoms with Crippen LogP contribution in [-0.4, -0.2) is 43.0 Å². The minimum atomic E-state index is -4.51.